The van der Waals surface area contributed by atoms with Gasteiger partial charge in [0.05, 0.1) is 13.7 Å². The first-order chi connectivity index (χ1) is 6.22. The second kappa shape index (κ2) is 4.84. The van der Waals surface area contributed by atoms with Gasteiger partial charge in [-0.1, -0.05) is 12.1 Å². The fraction of sp³-hybridized carbons (Fsp3) is 0.400. The first-order valence-electron chi connectivity index (χ1n) is 4.12. The van der Waals surface area contributed by atoms with E-state index < -0.39 is 6.29 Å². The molecule has 0 N–H and O–H groups in total. The van der Waals surface area contributed by atoms with E-state index in [0.29, 0.717) is 6.61 Å². The third-order valence-corrected chi connectivity index (χ3v) is 1.64. The lowest BCUT2D eigenvalue weighted by Crippen LogP contribution is -2.03. The summed E-state index contributed by atoms with van der Waals surface area (Å²) in [4.78, 5) is 0. The largest absolute Gasteiger partial charge is 0.497 e. The van der Waals surface area contributed by atoms with Crippen molar-refractivity contribution in [2.75, 3.05) is 7.11 Å². The molecule has 0 aliphatic rings. The van der Waals surface area contributed by atoms with E-state index in [1.165, 1.54) is 6.92 Å². The van der Waals surface area contributed by atoms with E-state index in [-0.39, 0.29) is 0 Å². The molecule has 0 bridgehead atoms. The average molecular weight is 181 g/mol. The van der Waals surface area contributed by atoms with Gasteiger partial charge in [-0.15, -0.1) is 0 Å². The quantitative estimate of drug-likeness (QED) is 0.666. The Balaban J connectivity index is 2.49. The van der Waals surface area contributed by atoms with Crippen molar-refractivity contribution in [2.24, 2.45) is 0 Å². The van der Waals surface area contributed by atoms with Crippen LogP contribution in [0.15, 0.2) is 24.3 Å². The van der Waals surface area contributed by atoms with E-state index in [1.807, 2.05) is 24.3 Å². The summed E-state index contributed by atoms with van der Waals surface area (Å²) in [5.41, 5.74) is 0.975. The summed E-state index contributed by atoms with van der Waals surface area (Å²) in [6.07, 6.45) is -0.970. The molecule has 3 nitrogen and oxygen atoms in total. The van der Waals surface area contributed by atoms with Gasteiger partial charge >= 0.3 is 0 Å². The van der Waals surface area contributed by atoms with E-state index in [4.69, 9.17) is 9.47 Å². The van der Waals surface area contributed by atoms with Crippen molar-refractivity contribution >= 4 is 0 Å². The molecular weight excluding hydrogens is 168 g/mol. The maximum absolute atomic E-state index is 10.6. The van der Waals surface area contributed by atoms with Crippen LogP contribution in [0.3, 0.4) is 0 Å². The van der Waals surface area contributed by atoms with Gasteiger partial charge < -0.3 is 9.47 Å². The van der Waals surface area contributed by atoms with Crippen LogP contribution in [-0.2, 0) is 16.5 Å². The highest BCUT2D eigenvalue weighted by molar-refractivity contribution is 5.26. The molecule has 1 rings (SSSR count). The summed E-state index contributed by atoms with van der Waals surface area (Å²) in [5.74, 6) is 0.805. The molecule has 0 saturated heterocycles. The molecular formula is C10H13O3. The van der Waals surface area contributed by atoms with Gasteiger partial charge in [0.2, 0.25) is 0 Å². The number of ether oxygens (including phenoxy) is 2. The van der Waals surface area contributed by atoms with Crippen molar-refractivity contribution in [3.63, 3.8) is 0 Å². The monoisotopic (exact) mass is 181 g/mol. The minimum Gasteiger partial charge on any atom is -0.497 e. The minimum absolute atomic E-state index is 0.356. The van der Waals surface area contributed by atoms with E-state index in [0.717, 1.165) is 11.3 Å². The molecule has 0 aliphatic carbocycles. The summed E-state index contributed by atoms with van der Waals surface area (Å²) in [7, 11) is 1.62. The highest BCUT2D eigenvalue weighted by Crippen LogP contribution is 2.12. The summed E-state index contributed by atoms with van der Waals surface area (Å²) in [5, 5.41) is 10.6. The Morgan fingerprint density at radius 3 is 2.38 bits per heavy atom. The Hall–Kier alpha value is -1.06. The number of hydrogen-bond acceptors (Lipinski definition) is 2. The molecule has 0 aromatic heterocycles. The lowest BCUT2D eigenvalue weighted by Gasteiger charge is -2.05. The minimum atomic E-state index is -0.970. The summed E-state index contributed by atoms with van der Waals surface area (Å²) >= 11 is 0. The van der Waals surface area contributed by atoms with E-state index in [1.54, 1.807) is 7.11 Å². The van der Waals surface area contributed by atoms with Crippen LogP contribution in [0.1, 0.15) is 12.5 Å². The van der Waals surface area contributed by atoms with Crippen LogP contribution in [0.2, 0.25) is 0 Å². The molecule has 1 aromatic carbocycles. The van der Waals surface area contributed by atoms with Gasteiger partial charge in [0, 0.05) is 0 Å². The predicted molar refractivity (Wildman–Crippen MR) is 47.9 cm³/mol. The smallest absolute Gasteiger partial charge is 0.188 e. The first kappa shape index (κ1) is 10.0. The second-order valence-corrected chi connectivity index (χ2v) is 2.73. The summed E-state index contributed by atoms with van der Waals surface area (Å²) in [6, 6.07) is 7.44. The predicted octanol–water partition coefficient (Wildman–Crippen LogP) is 1.99. The van der Waals surface area contributed by atoms with Crippen LogP contribution in [0.5, 0.6) is 5.75 Å². The number of hydrogen-bond donors (Lipinski definition) is 0. The van der Waals surface area contributed by atoms with Crippen LogP contribution in [0.4, 0.5) is 0 Å². The van der Waals surface area contributed by atoms with Crippen LogP contribution >= 0.6 is 0 Å². The number of methoxy groups -OCH3 is 1. The zero-order chi connectivity index (χ0) is 9.68. The van der Waals surface area contributed by atoms with Gasteiger partial charge in [-0.3, -0.25) is 0 Å². The van der Waals surface area contributed by atoms with Crippen LogP contribution in [0, 0.1) is 0 Å². The van der Waals surface area contributed by atoms with Gasteiger partial charge in [0.15, 0.2) is 6.29 Å². The van der Waals surface area contributed by atoms with Crippen molar-refractivity contribution in [3.05, 3.63) is 29.8 Å². The zero-order valence-corrected chi connectivity index (χ0v) is 7.82. The molecule has 3 heteroatoms. The van der Waals surface area contributed by atoms with Gasteiger partial charge in [-0.25, -0.2) is 5.11 Å². The molecule has 0 fully saturated rings. The van der Waals surface area contributed by atoms with Gasteiger partial charge in [0.25, 0.3) is 0 Å². The van der Waals surface area contributed by atoms with Gasteiger partial charge in [-0.05, 0) is 24.6 Å². The maximum Gasteiger partial charge on any atom is 0.188 e. The molecule has 1 aromatic rings. The van der Waals surface area contributed by atoms with Crippen molar-refractivity contribution in [1.82, 2.24) is 0 Å². The Morgan fingerprint density at radius 1 is 1.31 bits per heavy atom. The van der Waals surface area contributed by atoms with Crippen LogP contribution in [-0.4, -0.2) is 13.4 Å². The zero-order valence-electron chi connectivity index (χ0n) is 7.82. The Bertz CT molecular complexity index is 241. The number of rotatable bonds is 4. The molecule has 0 heterocycles. The Morgan fingerprint density at radius 2 is 1.92 bits per heavy atom. The molecule has 0 aliphatic heterocycles. The molecule has 1 atom stereocenters. The third kappa shape index (κ3) is 3.44. The highest BCUT2D eigenvalue weighted by atomic mass is 16.6. The Kier molecular flexibility index (Phi) is 3.73. The van der Waals surface area contributed by atoms with Crippen molar-refractivity contribution in [2.45, 2.75) is 19.8 Å². The number of benzene rings is 1. The van der Waals surface area contributed by atoms with Crippen LogP contribution < -0.4 is 4.74 Å². The lowest BCUT2D eigenvalue weighted by molar-refractivity contribution is -0.134. The average Bonchev–Trinajstić information content (AvgIpc) is 2.15. The normalized spacial score (nSPS) is 12.5. The van der Waals surface area contributed by atoms with Gasteiger partial charge in [0.1, 0.15) is 5.75 Å². The van der Waals surface area contributed by atoms with Crippen LogP contribution in [0.25, 0.3) is 0 Å². The lowest BCUT2D eigenvalue weighted by atomic mass is 10.2. The van der Waals surface area contributed by atoms with Crippen molar-refractivity contribution < 1.29 is 14.6 Å². The molecule has 0 saturated carbocycles. The summed E-state index contributed by atoms with van der Waals surface area (Å²) in [6.45, 7) is 1.83. The van der Waals surface area contributed by atoms with Gasteiger partial charge in [-0.2, -0.15) is 0 Å². The fourth-order valence-corrected chi connectivity index (χ4v) is 0.935. The third-order valence-electron chi connectivity index (χ3n) is 1.64. The highest BCUT2D eigenvalue weighted by Gasteiger charge is 1.98. The van der Waals surface area contributed by atoms with Crippen molar-refractivity contribution in [3.8, 4) is 5.75 Å². The Labute approximate surface area is 77.9 Å². The molecule has 13 heavy (non-hydrogen) atoms. The van der Waals surface area contributed by atoms with E-state index in [9.17, 15) is 5.11 Å². The molecule has 0 spiro atoms. The molecule has 71 valence electrons. The fourth-order valence-electron chi connectivity index (χ4n) is 0.935. The molecule has 1 unspecified atom stereocenters. The second-order valence-electron chi connectivity index (χ2n) is 2.73. The van der Waals surface area contributed by atoms with Crippen molar-refractivity contribution in [1.29, 1.82) is 0 Å². The van der Waals surface area contributed by atoms with E-state index >= 15 is 0 Å². The summed E-state index contributed by atoms with van der Waals surface area (Å²) < 4.78 is 9.90. The standard InChI is InChI=1S/C10H13O3/c1-8(11)13-7-9-3-5-10(12-2)6-4-9/h3-6,8H,7H2,1-2H3. The van der Waals surface area contributed by atoms with E-state index in [2.05, 4.69) is 0 Å². The molecule has 1 radical (unpaired) electrons. The topological polar surface area (TPSA) is 38.4 Å². The maximum atomic E-state index is 10.6. The SMILES string of the molecule is COc1ccc(COC(C)[O])cc1. The molecule has 0 amide bonds. The first-order valence-corrected chi connectivity index (χ1v) is 4.12.